The van der Waals surface area contributed by atoms with Crippen LogP contribution in [0, 0.1) is 0 Å². The zero-order chi connectivity index (χ0) is 17.7. The smallest absolute Gasteiger partial charge is 0.412 e. The van der Waals surface area contributed by atoms with Crippen molar-refractivity contribution in [2.45, 2.75) is 26.4 Å². The second-order valence-corrected chi connectivity index (χ2v) is 6.27. The molecule has 0 atom stereocenters. The van der Waals surface area contributed by atoms with Crippen molar-refractivity contribution in [3.63, 3.8) is 0 Å². The van der Waals surface area contributed by atoms with E-state index in [9.17, 15) is 9.59 Å². The molecule has 0 aliphatic heterocycles. The van der Waals surface area contributed by atoms with Gasteiger partial charge in [0.05, 0.1) is 7.11 Å². The van der Waals surface area contributed by atoms with Gasteiger partial charge in [0.1, 0.15) is 5.60 Å². The van der Waals surface area contributed by atoms with E-state index in [-0.39, 0.29) is 0 Å². The first-order valence-electron chi connectivity index (χ1n) is 7.57. The molecule has 0 bridgehead atoms. The van der Waals surface area contributed by atoms with Crippen LogP contribution in [0.4, 0.5) is 10.5 Å². The van der Waals surface area contributed by atoms with Crippen LogP contribution < -0.4 is 5.32 Å². The Bertz CT molecular complexity index is 788. The highest BCUT2D eigenvalue weighted by Gasteiger charge is 2.16. The normalized spacial score (nSPS) is 11.5. The predicted octanol–water partition coefficient (Wildman–Crippen LogP) is 4.37. The lowest BCUT2D eigenvalue weighted by atomic mass is 10.0. The molecule has 2 rings (SSSR count). The number of hydrogen-bond acceptors (Lipinski definition) is 4. The number of hydrogen-bond donors (Lipinski definition) is 1. The zero-order valence-corrected chi connectivity index (χ0v) is 14.3. The molecular formula is C19H21NO4. The Morgan fingerprint density at radius 2 is 1.88 bits per heavy atom. The third-order valence-corrected chi connectivity index (χ3v) is 3.16. The van der Waals surface area contributed by atoms with Crippen LogP contribution in [0.3, 0.4) is 0 Å². The summed E-state index contributed by atoms with van der Waals surface area (Å²) in [4.78, 5) is 23.1. The molecule has 2 aromatic carbocycles. The predicted molar refractivity (Wildman–Crippen MR) is 94.9 cm³/mol. The van der Waals surface area contributed by atoms with E-state index in [1.54, 1.807) is 12.1 Å². The maximum atomic E-state index is 11.8. The molecule has 1 N–H and O–H groups in total. The minimum absolute atomic E-state index is 0.407. The highest BCUT2D eigenvalue weighted by atomic mass is 16.6. The summed E-state index contributed by atoms with van der Waals surface area (Å²) in [5, 5.41) is 4.62. The van der Waals surface area contributed by atoms with Gasteiger partial charge >= 0.3 is 12.1 Å². The SMILES string of the molecule is COC(=O)C=Cc1cccc2cc(NC(=O)OC(C)(C)C)ccc12. The Morgan fingerprint density at radius 3 is 2.54 bits per heavy atom. The van der Waals surface area contributed by atoms with Crippen molar-refractivity contribution >= 4 is 34.6 Å². The van der Waals surface area contributed by atoms with E-state index in [1.165, 1.54) is 13.2 Å². The van der Waals surface area contributed by atoms with Gasteiger partial charge in [0.2, 0.25) is 0 Å². The molecule has 0 aliphatic rings. The first-order valence-corrected chi connectivity index (χ1v) is 7.57. The molecule has 0 radical (unpaired) electrons. The molecule has 0 unspecified atom stereocenters. The van der Waals surface area contributed by atoms with Crippen LogP contribution in [-0.2, 0) is 14.3 Å². The summed E-state index contributed by atoms with van der Waals surface area (Å²) >= 11 is 0. The van der Waals surface area contributed by atoms with Gasteiger partial charge < -0.3 is 9.47 Å². The number of amides is 1. The average Bonchev–Trinajstić information content (AvgIpc) is 2.50. The van der Waals surface area contributed by atoms with Crippen molar-refractivity contribution in [3.8, 4) is 0 Å². The third kappa shape index (κ3) is 4.84. The fourth-order valence-electron chi connectivity index (χ4n) is 2.18. The largest absolute Gasteiger partial charge is 0.466 e. The Kier molecular flexibility index (Phi) is 5.24. The van der Waals surface area contributed by atoms with Gasteiger partial charge in [-0.1, -0.05) is 24.3 Å². The molecule has 0 heterocycles. The van der Waals surface area contributed by atoms with Crippen LogP contribution >= 0.6 is 0 Å². The maximum Gasteiger partial charge on any atom is 0.412 e. The van der Waals surface area contributed by atoms with E-state index < -0.39 is 17.7 Å². The summed E-state index contributed by atoms with van der Waals surface area (Å²) in [6, 6.07) is 11.3. The molecule has 24 heavy (non-hydrogen) atoms. The van der Waals surface area contributed by atoms with Crippen molar-refractivity contribution in [1.29, 1.82) is 0 Å². The highest BCUT2D eigenvalue weighted by molar-refractivity contribution is 5.97. The molecule has 0 fully saturated rings. The van der Waals surface area contributed by atoms with Gasteiger partial charge in [0.25, 0.3) is 0 Å². The summed E-state index contributed by atoms with van der Waals surface area (Å²) < 4.78 is 9.84. The van der Waals surface area contributed by atoms with Crippen LogP contribution in [0.1, 0.15) is 26.3 Å². The topological polar surface area (TPSA) is 64.6 Å². The molecule has 5 nitrogen and oxygen atoms in total. The first-order chi connectivity index (χ1) is 11.3. The zero-order valence-electron chi connectivity index (χ0n) is 14.3. The number of nitrogens with one attached hydrogen (secondary N) is 1. The van der Waals surface area contributed by atoms with Gasteiger partial charge in [-0.05, 0) is 55.3 Å². The number of methoxy groups -OCH3 is 1. The van der Waals surface area contributed by atoms with Gasteiger partial charge in [-0.3, -0.25) is 5.32 Å². The van der Waals surface area contributed by atoms with Crippen LogP contribution in [0.2, 0.25) is 0 Å². The van der Waals surface area contributed by atoms with E-state index in [0.717, 1.165) is 16.3 Å². The molecule has 0 saturated carbocycles. The number of benzene rings is 2. The molecule has 0 aliphatic carbocycles. The lowest BCUT2D eigenvalue weighted by Gasteiger charge is -2.19. The molecule has 5 heteroatoms. The number of anilines is 1. The number of rotatable bonds is 3. The molecule has 0 aromatic heterocycles. The van der Waals surface area contributed by atoms with Crippen LogP contribution in [0.25, 0.3) is 16.8 Å². The van der Waals surface area contributed by atoms with E-state index in [0.29, 0.717) is 5.69 Å². The maximum absolute atomic E-state index is 11.8. The number of carbonyl (C=O) groups excluding carboxylic acids is 2. The second kappa shape index (κ2) is 7.17. The highest BCUT2D eigenvalue weighted by Crippen LogP contribution is 2.24. The van der Waals surface area contributed by atoms with Crippen LogP contribution in [-0.4, -0.2) is 24.8 Å². The Hall–Kier alpha value is -2.82. The third-order valence-electron chi connectivity index (χ3n) is 3.16. The standard InChI is InChI=1S/C19H21NO4/c1-19(2,3)24-18(22)20-15-9-10-16-13(8-11-17(21)23-4)6-5-7-14(16)12-15/h5-12H,1-4H3,(H,20,22). The molecule has 1 amide bonds. The summed E-state index contributed by atoms with van der Waals surface area (Å²) in [5.41, 5.74) is 0.986. The Labute approximate surface area is 141 Å². The lowest BCUT2D eigenvalue weighted by Crippen LogP contribution is -2.27. The number of fused-ring (bicyclic) bond motifs is 1. The summed E-state index contributed by atoms with van der Waals surface area (Å²) in [5.74, 6) is -0.407. The van der Waals surface area contributed by atoms with Crippen molar-refractivity contribution in [2.75, 3.05) is 12.4 Å². The molecule has 0 saturated heterocycles. The van der Waals surface area contributed by atoms with E-state index >= 15 is 0 Å². The number of carbonyl (C=O) groups is 2. The molecule has 0 spiro atoms. The Balaban J connectivity index is 2.24. The molecular weight excluding hydrogens is 306 g/mol. The lowest BCUT2D eigenvalue weighted by molar-refractivity contribution is -0.134. The van der Waals surface area contributed by atoms with Crippen molar-refractivity contribution in [3.05, 3.63) is 48.0 Å². The van der Waals surface area contributed by atoms with Crippen molar-refractivity contribution in [1.82, 2.24) is 0 Å². The fourth-order valence-corrected chi connectivity index (χ4v) is 2.18. The monoisotopic (exact) mass is 327 g/mol. The van der Waals surface area contributed by atoms with E-state index in [1.807, 2.05) is 51.1 Å². The van der Waals surface area contributed by atoms with Crippen LogP contribution in [0.5, 0.6) is 0 Å². The Morgan fingerprint density at radius 1 is 1.12 bits per heavy atom. The minimum Gasteiger partial charge on any atom is -0.466 e. The number of ether oxygens (including phenoxy) is 2. The van der Waals surface area contributed by atoms with Gasteiger partial charge in [-0.15, -0.1) is 0 Å². The summed E-state index contributed by atoms with van der Waals surface area (Å²) in [7, 11) is 1.34. The van der Waals surface area contributed by atoms with Gasteiger partial charge in [-0.25, -0.2) is 9.59 Å². The van der Waals surface area contributed by atoms with E-state index in [2.05, 4.69) is 10.1 Å². The second-order valence-electron chi connectivity index (χ2n) is 6.27. The van der Waals surface area contributed by atoms with Gasteiger partial charge in [-0.2, -0.15) is 0 Å². The molecule has 126 valence electrons. The minimum atomic E-state index is -0.549. The first kappa shape index (κ1) is 17.5. The average molecular weight is 327 g/mol. The molecule has 2 aromatic rings. The summed E-state index contributed by atoms with van der Waals surface area (Å²) in [6.07, 6.45) is 2.58. The van der Waals surface area contributed by atoms with Crippen molar-refractivity contribution in [2.24, 2.45) is 0 Å². The summed E-state index contributed by atoms with van der Waals surface area (Å²) in [6.45, 7) is 5.44. The van der Waals surface area contributed by atoms with Gasteiger partial charge in [0, 0.05) is 11.8 Å². The van der Waals surface area contributed by atoms with Crippen molar-refractivity contribution < 1.29 is 19.1 Å². The van der Waals surface area contributed by atoms with Gasteiger partial charge in [0.15, 0.2) is 0 Å². The fraction of sp³-hybridized carbons (Fsp3) is 0.263. The quantitative estimate of drug-likeness (QED) is 0.671. The van der Waals surface area contributed by atoms with Crippen LogP contribution in [0.15, 0.2) is 42.5 Å². The van der Waals surface area contributed by atoms with E-state index in [4.69, 9.17) is 4.74 Å². The number of esters is 1.